The Hall–Kier alpha value is -0.340. The molecular weight excluding hydrogens is 90.1 g/mol. The third kappa shape index (κ3) is 2.37. The van der Waals surface area contributed by atoms with Crippen molar-refractivity contribution in [3.63, 3.8) is 0 Å². The van der Waals surface area contributed by atoms with Gasteiger partial charge in [0.25, 0.3) is 0 Å². The largest absolute Gasteiger partial charge is 0.375 e. The number of likely N-dealkylation sites (N-methyl/N-ethyl adjacent to an activating group) is 1. The molecular formula is C5H11NO. The third-order valence-electron chi connectivity index (χ3n) is 0.740. The van der Waals surface area contributed by atoms with Gasteiger partial charge in [0, 0.05) is 0 Å². The molecule has 1 atom stereocenters. The molecule has 0 fully saturated rings. The van der Waals surface area contributed by atoms with Gasteiger partial charge in [-0.25, -0.2) is 0 Å². The number of hydrogen-bond donors (Lipinski definition) is 1. The van der Waals surface area contributed by atoms with Gasteiger partial charge in [-0.3, -0.25) is 4.90 Å². The Morgan fingerprint density at radius 2 is 2.14 bits per heavy atom. The maximum atomic E-state index is 8.74. The maximum absolute atomic E-state index is 8.74. The van der Waals surface area contributed by atoms with Crippen LogP contribution in [0.5, 0.6) is 0 Å². The summed E-state index contributed by atoms with van der Waals surface area (Å²) in [5, 5.41) is 8.74. The van der Waals surface area contributed by atoms with E-state index in [1.165, 1.54) is 6.08 Å². The molecule has 0 aliphatic heterocycles. The Morgan fingerprint density at radius 3 is 2.14 bits per heavy atom. The molecule has 0 aromatic carbocycles. The summed E-state index contributed by atoms with van der Waals surface area (Å²) in [6, 6.07) is 0. The fourth-order valence-electron chi connectivity index (χ4n) is 0.211. The Balaban J connectivity index is 3.33. The van der Waals surface area contributed by atoms with E-state index >= 15 is 0 Å². The van der Waals surface area contributed by atoms with Crippen LogP contribution in [-0.2, 0) is 0 Å². The van der Waals surface area contributed by atoms with Crippen LogP contribution in [0.25, 0.3) is 0 Å². The highest BCUT2D eigenvalue weighted by atomic mass is 16.3. The molecule has 42 valence electrons. The van der Waals surface area contributed by atoms with Crippen LogP contribution in [0.15, 0.2) is 12.7 Å². The van der Waals surface area contributed by atoms with Gasteiger partial charge < -0.3 is 5.11 Å². The lowest BCUT2D eigenvalue weighted by atomic mass is 10.5. The van der Waals surface area contributed by atoms with Crippen molar-refractivity contribution in [2.45, 2.75) is 6.23 Å². The predicted molar refractivity (Wildman–Crippen MR) is 29.9 cm³/mol. The molecule has 0 aliphatic carbocycles. The average Bonchev–Trinajstić information content (AvgIpc) is 1.65. The summed E-state index contributed by atoms with van der Waals surface area (Å²) in [6.07, 6.45) is 0.972. The monoisotopic (exact) mass is 101 g/mol. The quantitative estimate of drug-likeness (QED) is 0.392. The summed E-state index contributed by atoms with van der Waals surface area (Å²) in [4.78, 5) is 1.66. The molecule has 2 heteroatoms. The van der Waals surface area contributed by atoms with Crippen molar-refractivity contribution in [2.75, 3.05) is 14.1 Å². The van der Waals surface area contributed by atoms with Crippen LogP contribution >= 0.6 is 0 Å². The highest BCUT2D eigenvalue weighted by Gasteiger charge is 1.95. The zero-order valence-corrected chi connectivity index (χ0v) is 4.76. The van der Waals surface area contributed by atoms with E-state index in [9.17, 15) is 0 Å². The van der Waals surface area contributed by atoms with E-state index in [2.05, 4.69) is 6.58 Å². The fraction of sp³-hybridized carbons (Fsp3) is 0.600. The number of nitrogens with zero attached hydrogens (tertiary/aromatic N) is 1. The van der Waals surface area contributed by atoms with Crippen molar-refractivity contribution >= 4 is 0 Å². The molecule has 0 amide bonds. The molecule has 0 saturated carbocycles. The number of rotatable bonds is 2. The minimum atomic E-state index is -0.500. The van der Waals surface area contributed by atoms with Crippen LogP contribution < -0.4 is 0 Å². The van der Waals surface area contributed by atoms with Gasteiger partial charge in [0.15, 0.2) is 0 Å². The topological polar surface area (TPSA) is 23.5 Å². The molecule has 0 aliphatic rings. The summed E-state index contributed by atoms with van der Waals surface area (Å²) >= 11 is 0. The highest BCUT2D eigenvalue weighted by molar-refractivity contribution is 4.74. The zero-order valence-electron chi connectivity index (χ0n) is 4.76. The van der Waals surface area contributed by atoms with Gasteiger partial charge in [-0.1, -0.05) is 6.58 Å². The van der Waals surface area contributed by atoms with Crippen molar-refractivity contribution in [3.8, 4) is 0 Å². The standard InChI is InChI=1S/C5H11NO/c1-4-5(7)6(2)3/h4-5,7H,1H2,2-3H3. The number of aliphatic hydroxyl groups excluding tert-OH is 1. The molecule has 0 heterocycles. The predicted octanol–water partition coefficient (Wildman–Crippen LogP) is 0.0524. The second-order valence-corrected chi connectivity index (χ2v) is 1.61. The lowest BCUT2D eigenvalue weighted by Gasteiger charge is -2.12. The summed E-state index contributed by atoms with van der Waals surface area (Å²) in [5.41, 5.74) is 0. The molecule has 2 nitrogen and oxygen atoms in total. The van der Waals surface area contributed by atoms with Crippen LogP contribution in [0.1, 0.15) is 0 Å². The van der Waals surface area contributed by atoms with E-state index in [1.54, 1.807) is 19.0 Å². The fourth-order valence-corrected chi connectivity index (χ4v) is 0.211. The SMILES string of the molecule is C=CC(O)N(C)C. The molecule has 0 bridgehead atoms. The lowest BCUT2D eigenvalue weighted by Crippen LogP contribution is -2.24. The first-order valence-electron chi connectivity index (χ1n) is 2.15. The Bertz CT molecular complexity index is 61.1. The van der Waals surface area contributed by atoms with Crippen molar-refractivity contribution < 1.29 is 5.11 Å². The van der Waals surface area contributed by atoms with E-state index in [0.29, 0.717) is 0 Å². The second-order valence-electron chi connectivity index (χ2n) is 1.61. The first-order chi connectivity index (χ1) is 3.18. The van der Waals surface area contributed by atoms with E-state index in [4.69, 9.17) is 5.11 Å². The van der Waals surface area contributed by atoms with Gasteiger partial charge >= 0.3 is 0 Å². The molecule has 0 rings (SSSR count). The van der Waals surface area contributed by atoms with Gasteiger partial charge in [-0.2, -0.15) is 0 Å². The van der Waals surface area contributed by atoms with E-state index in [0.717, 1.165) is 0 Å². The third-order valence-corrected chi connectivity index (χ3v) is 0.740. The summed E-state index contributed by atoms with van der Waals surface area (Å²) < 4.78 is 0. The normalized spacial score (nSPS) is 14.3. The maximum Gasteiger partial charge on any atom is 0.125 e. The second kappa shape index (κ2) is 2.77. The lowest BCUT2D eigenvalue weighted by molar-refractivity contribution is 0.0839. The minimum absolute atomic E-state index is 0.500. The van der Waals surface area contributed by atoms with Gasteiger partial charge in [0.1, 0.15) is 6.23 Å². The van der Waals surface area contributed by atoms with Crippen LogP contribution in [0.3, 0.4) is 0 Å². The molecule has 0 spiro atoms. The molecule has 0 aromatic rings. The van der Waals surface area contributed by atoms with Gasteiger partial charge in [0.05, 0.1) is 0 Å². The Morgan fingerprint density at radius 1 is 1.71 bits per heavy atom. The van der Waals surface area contributed by atoms with Gasteiger partial charge in [0.2, 0.25) is 0 Å². The van der Waals surface area contributed by atoms with E-state index < -0.39 is 6.23 Å². The smallest absolute Gasteiger partial charge is 0.125 e. The molecule has 7 heavy (non-hydrogen) atoms. The molecule has 1 unspecified atom stereocenters. The van der Waals surface area contributed by atoms with Crippen LogP contribution in [0.2, 0.25) is 0 Å². The summed E-state index contributed by atoms with van der Waals surface area (Å²) in [6.45, 7) is 3.39. The van der Waals surface area contributed by atoms with E-state index in [-0.39, 0.29) is 0 Å². The van der Waals surface area contributed by atoms with Crippen LogP contribution in [0.4, 0.5) is 0 Å². The van der Waals surface area contributed by atoms with Crippen LogP contribution in [-0.4, -0.2) is 30.3 Å². The van der Waals surface area contributed by atoms with Crippen LogP contribution in [0, 0.1) is 0 Å². The van der Waals surface area contributed by atoms with Gasteiger partial charge in [-0.05, 0) is 20.2 Å². The van der Waals surface area contributed by atoms with E-state index in [1.807, 2.05) is 0 Å². The van der Waals surface area contributed by atoms with Crippen molar-refractivity contribution in [3.05, 3.63) is 12.7 Å². The molecule has 1 N–H and O–H groups in total. The van der Waals surface area contributed by atoms with Crippen molar-refractivity contribution in [1.82, 2.24) is 4.90 Å². The van der Waals surface area contributed by atoms with Gasteiger partial charge in [-0.15, -0.1) is 0 Å². The summed E-state index contributed by atoms with van der Waals surface area (Å²) in [5.74, 6) is 0. The minimum Gasteiger partial charge on any atom is -0.375 e. The first kappa shape index (κ1) is 6.66. The molecule has 0 saturated heterocycles. The Kier molecular flexibility index (Phi) is 2.64. The Labute approximate surface area is 44.1 Å². The number of hydrogen-bond acceptors (Lipinski definition) is 2. The highest BCUT2D eigenvalue weighted by Crippen LogP contribution is 1.84. The average molecular weight is 101 g/mol. The molecule has 0 radical (unpaired) electrons. The van der Waals surface area contributed by atoms with Crippen molar-refractivity contribution in [2.24, 2.45) is 0 Å². The number of aliphatic hydroxyl groups is 1. The van der Waals surface area contributed by atoms with Crippen molar-refractivity contribution in [1.29, 1.82) is 0 Å². The molecule has 0 aromatic heterocycles. The first-order valence-corrected chi connectivity index (χ1v) is 2.15. The summed E-state index contributed by atoms with van der Waals surface area (Å²) in [7, 11) is 3.57. The zero-order chi connectivity index (χ0) is 5.86.